The van der Waals surface area contributed by atoms with Gasteiger partial charge in [-0.3, -0.25) is 4.79 Å². The van der Waals surface area contributed by atoms with Crippen LogP contribution in [0.2, 0.25) is 0 Å². The standard InChI is InChI=1S/C55H99NO5/c1-5-8-11-13-15-17-19-21-23-25-27-29-31-33-35-38-45-58-49-52(59-46-39-36-34-32-30-28-26-24-22-20-18-16-14-12-9-6-2)50-61-55(57)48-51-42-43-54(60-47-40-44-56-4)53(51)41-37-10-7-3/h10,15-18,21-24,37,51-54,56H,5-9,11-14,19-20,25-36,38-50H2,1-4H3/b17-15-,18-16-,23-21-,24-22-,37-10-. The number of rotatable bonds is 45. The molecule has 1 aliphatic carbocycles. The van der Waals surface area contributed by atoms with Crippen molar-refractivity contribution in [3.63, 3.8) is 0 Å². The first-order chi connectivity index (χ1) is 30.2. The van der Waals surface area contributed by atoms with Crippen LogP contribution in [0.1, 0.15) is 213 Å². The Labute approximate surface area is 378 Å². The van der Waals surface area contributed by atoms with E-state index in [0.29, 0.717) is 31.5 Å². The van der Waals surface area contributed by atoms with E-state index in [4.69, 9.17) is 18.9 Å². The Balaban J connectivity index is 2.41. The molecule has 61 heavy (non-hydrogen) atoms. The van der Waals surface area contributed by atoms with Crippen LogP contribution in [0.3, 0.4) is 0 Å². The maximum Gasteiger partial charge on any atom is 0.306 e. The highest BCUT2D eigenvalue weighted by molar-refractivity contribution is 5.69. The largest absolute Gasteiger partial charge is 0.463 e. The van der Waals surface area contributed by atoms with Crippen molar-refractivity contribution in [3.8, 4) is 0 Å². The molecule has 6 nitrogen and oxygen atoms in total. The first-order valence-electron chi connectivity index (χ1n) is 26.0. The average Bonchev–Trinajstić information content (AvgIpc) is 3.64. The molecule has 0 aromatic carbocycles. The lowest BCUT2D eigenvalue weighted by molar-refractivity contribution is -0.151. The van der Waals surface area contributed by atoms with Crippen molar-refractivity contribution in [1.82, 2.24) is 5.32 Å². The second-order valence-corrected chi connectivity index (χ2v) is 17.6. The normalized spacial score (nSPS) is 17.7. The molecule has 4 atom stereocenters. The number of unbranched alkanes of at least 4 members (excludes halogenated alkanes) is 18. The van der Waals surface area contributed by atoms with Gasteiger partial charge in [0.1, 0.15) is 12.7 Å². The first-order valence-corrected chi connectivity index (χ1v) is 26.0. The number of esters is 1. The second kappa shape index (κ2) is 46.0. The van der Waals surface area contributed by atoms with Gasteiger partial charge in [0.2, 0.25) is 0 Å². The summed E-state index contributed by atoms with van der Waals surface area (Å²) >= 11 is 0. The Bertz CT molecular complexity index is 1080. The van der Waals surface area contributed by atoms with Gasteiger partial charge in [0.15, 0.2) is 0 Å². The Hall–Kier alpha value is -1.99. The molecule has 0 spiro atoms. The highest BCUT2D eigenvalue weighted by Crippen LogP contribution is 2.39. The molecule has 0 radical (unpaired) electrons. The molecule has 1 aliphatic rings. The zero-order chi connectivity index (χ0) is 43.9. The minimum atomic E-state index is -0.221. The molecule has 4 unspecified atom stereocenters. The molecular weight excluding hydrogens is 755 g/mol. The van der Waals surface area contributed by atoms with E-state index in [1.165, 1.54) is 128 Å². The van der Waals surface area contributed by atoms with Gasteiger partial charge in [-0.05, 0) is 135 Å². The van der Waals surface area contributed by atoms with Crippen LogP contribution in [0, 0.1) is 11.8 Å². The molecule has 0 aliphatic heterocycles. The van der Waals surface area contributed by atoms with Crippen molar-refractivity contribution >= 4 is 5.97 Å². The fourth-order valence-electron chi connectivity index (χ4n) is 8.17. The molecule has 0 aromatic rings. The number of ether oxygens (including phenoxy) is 4. The average molecular weight is 854 g/mol. The van der Waals surface area contributed by atoms with Gasteiger partial charge in [-0.1, -0.05) is 159 Å². The third kappa shape index (κ3) is 37.1. The monoisotopic (exact) mass is 854 g/mol. The van der Waals surface area contributed by atoms with E-state index in [-0.39, 0.29) is 24.8 Å². The summed E-state index contributed by atoms with van der Waals surface area (Å²) in [6, 6.07) is 0. The number of hydrogen-bond donors (Lipinski definition) is 1. The fraction of sp³-hybridized carbons (Fsp3) is 0.800. The van der Waals surface area contributed by atoms with Crippen LogP contribution < -0.4 is 5.32 Å². The third-order valence-electron chi connectivity index (χ3n) is 12.0. The molecule has 6 heteroatoms. The van der Waals surface area contributed by atoms with Crippen LogP contribution in [0.5, 0.6) is 0 Å². The lowest BCUT2D eigenvalue weighted by atomic mass is 9.88. The molecule has 0 bridgehead atoms. The predicted molar refractivity (Wildman–Crippen MR) is 263 cm³/mol. The molecule has 1 saturated carbocycles. The Morgan fingerprint density at radius 1 is 0.574 bits per heavy atom. The van der Waals surface area contributed by atoms with Gasteiger partial charge in [0.05, 0.1) is 12.7 Å². The summed E-state index contributed by atoms with van der Waals surface area (Å²) in [6.07, 6.45) is 58.2. The SMILES string of the molecule is CC/C=C\CC1C(CC(=O)OCC(COCCCCCCCC/C=C\C/C=C\CCCCC)OCCCCCCCC/C=C\C/C=C\CCCCC)CCC1OCCCNC. The van der Waals surface area contributed by atoms with Gasteiger partial charge in [0, 0.05) is 26.2 Å². The number of carbonyl (C=O) groups excluding carboxylic acids is 1. The van der Waals surface area contributed by atoms with E-state index in [0.717, 1.165) is 77.5 Å². The van der Waals surface area contributed by atoms with E-state index in [1.807, 2.05) is 7.05 Å². The van der Waals surface area contributed by atoms with Crippen molar-refractivity contribution in [1.29, 1.82) is 0 Å². The molecule has 354 valence electrons. The van der Waals surface area contributed by atoms with Gasteiger partial charge in [-0.15, -0.1) is 0 Å². The van der Waals surface area contributed by atoms with Crippen LogP contribution >= 0.6 is 0 Å². The van der Waals surface area contributed by atoms with Gasteiger partial charge in [0.25, 0.3) is 0 Å². The summed E-state index contributed by atoms with van der Waals surface area (Å²) in [7, 11) is 1.98. The van der Waals surface area contributed by atoms with E-state index in [9.17, 15) is 4.79 Å². The molecule has 0 amide bonds. The number of nitrogens with one attached hydrogen (secondary N) is 1. The molecule has 0 heterocycles. The van der Waals surface area contributed by atoms with Crippen molar-refractivity contribution in [2.75, 3.05) is 46.6 Å². The molecule has 0 aromatic heterocycles. The van der Waals surface area contributed by atoms with Crippen LogP contribution in [0.15, 0.2) is 60.8 Å². The van der Waals surface area contributed by atoms with E-state index < -0.39 is 0 Å². The summed E-state index contributed by atoms with van der Waals surface area (Å²) in [6.45, 7) is 10.6. The number of carbonyl (C=O) groups is 1. The van der Waals surface area contributed by atoms with Crippen LogP contribution in [-0.2, 0) is 23.7 Å². The minimum Gasteiger partial charge on any atom is -0.463 e. The quantitative estimate of drug-likeness (QED) is 0.0374. The van der Waals surface area contributed by atoms with Crippen LogP contribution in [0.25, 0.3) is 0 Å². The Morgan fingerprint density at radius 3 is 1.67 bits per heavy atom. The zero-order valence-corrected chi connectivity index (χ0v) is 40.6. The van der Waals surface area contributed by atoms with E-state index in [2.05, 4.69) is 86.8 Å². The molecule has 1 N–H and O–H groups in total. The van der Waals surface area contributed by atoms with Crippen molar-refractivity contribution in [2.24, 2.45) is 11.8 Å². The van der Waals surface area contributed by atoms with Crippen LogP contribution in [-0.4, -0.2) is 64.8 Å². The van der Waals surface area contributed by atoms with Gasteiger partial charge in [-0.25, -0.2) is 0 Å². The first kappa shape index (κ1) is 57.0. The Kier molecular flexibility index (Phi) is 43.0. The third-order valence-corrected chi connectivity index (χ3v) is 12.0. The minimum absolute atomic E-state index is 0.113. The topological polar surface area (TPSA) is 66.0 Å². The van der Waals surface area contributed by atoms with Gasteiger partial charge in [-0.2, -0.15) is 0 Å². The second-order valence-electron chi connectivity index (χ2n) is 17.6. The maximum absolute atomic E-state index is 13.3. The molecule has 1 fully saturated rings. The molecular formula is C55H99NO5. The summed E-state index contributed by atoms with van der Waals surface area (Å²) in [5.74, 6) is 0.539. The number of hydrogen-bond acceptors (Lipinski definition) is 6. The lowest BCUT2D eigenvalue weighted by Crippen LogP contribution is -2.29. The summed E-state index contributed by atoms with van der Waals surface area (Å²) < 4.78 is 24.7. The summed E-state index contributed by atoms with van der Waals surface area (Å²) in [4.78, 5) is 13.3. The lowest BCUT2D eigenvalue weighted by Gasteiger charge is -2.24. The smallest absolute Gasteiger partial charge is 0.306 e. The van der Waals surface area contributed by atoms with Crippen molar-refractivity contribution < 1.29 is 23.7 Å². The Morgan fingerprint density at radius 2 is 1.11 bits per heavy atom. The summed E-state index contributed by atoms with van der Waals surface area (Å²) in [5, 5.41) is 3.21. The zero-order valence-electron chi connectivity index (χ0n) is 40.6. The highest BCUT2D eigenvalue weighted by Gasteiger charge is 2.37. The predicted octanol–water partition coefficient (Wildman–Crippen LogP) is 15.3. The van der Waals surface area contributed by atoms with Gasteiger partial charge < -0.3 is 24.3 Å². The molecule has 1 rings (SSSR count). The fourth-order valence-corrected chi connectivity index (χ4v) is 8.17. The van der Waals surface area contributed by atoms with Gasteiger partial charge >= 0.3 is 5.97 Å². The number of allylic oxidation sites excluding steroid dienone is 10. The van der Waals surface area contributed by atoms with E-state index in [1.54, 1.807) is 0 Å². The van der Waals surface area contributed by atoms with Crippen molar-refractivity contribution in [2.45, 2.75) is 226 Å². The van der Waals surface area contributed by atoms with Crippen LogP contribution in [0.4, 0.5) is 0 Å². The molecule has 0 saturated heterocycles. The van der Waals surface area contributed by atoms with E-state index >= 15 is 0 Å². The van der Waals surface area contributed by atoms with Crippen molar-refractivity contribution in [3.05, 3.63) is 60.8 Å². The highest BCUT2D eigenvalue weighted by atomic mass is 16.6. The maximum atomic E-state index is 13.3. The summed E-state index contributed by atoms with van der Waals surface area (Å²) in [5.41, 5.74) is 0.